The standard InChI is InChI=1S/C16H25N3O2.ClH/c1-21-12-14(17)16(20)18-11-13-7-3-4-8-15(13)19-9-5-2-6-10-19;/h3-4,7-8,14H,2,5-6,9-12,17H2,1H3,(H,18,20);1H. The Hall–Kier alpha value is -1.30. The quantitative estimate of drug-likeness (QED) is 0.834. The van der Waals surface area contributed by atoms with Gasteiger partial charge in [-0.1, -0.05) is 18.2 Å². The van der Waals surface area contributed by atoms with Crippen molar-refractivity contribution in [1.29, 1.82) is 0 Å². The molecule has 1 aliphatic rings. The number of amides is 1. The molecular formula is C16H26ClN3O2. The molecule has 0 bridgehead atoms. The van der Waals surface area contributed by atoms with Crippen molar-refractivity contribution in [1.82, 2.24) is 5.32 Å². The third-order valence-corrected chi connectivity index (χ3v) is 3.82. The molecule has 1 aromatic carbocycles. The number of methoxy groups -OCH3 is 1. The molecule has 0 spiro atoms. The molecule has 6 heteroatoms. The SMILES string of the molecule is COCC(N)C(=O)NCc1ccccc1N1CCCCC1.Cl. The van der Waals surface area contributed by atoms with Gasteiger partial charge in [0, 0.05) is 32.4 Å². The number of hydrogen-bond acceptors (Lipinski definition) is 4. The Labute approximate surface area is 138 Å². The monoisotopic (exact) mass is 327 g/mol. The minimum atomic E-state index is -0.614. The maximum absolute atomic E-state index is 11.9. The molecule has 0 aromatic heterocycles. The van der Waals surface area contributed by atoms with Crippen molar-refractivity contribution in [2.24, 2.45) is 5.73 Å². The minimum absolute atomic E-state index is 0. The molecule has 1 fully saturated rings. The lowest BCUT2D eigenvalue weighted by Gasteiger charge is -2.30. The van der Waals surface area contributed by atoms with Gasteiger partial charge in [-0.3, -0.25) is 4.79 Å². The number of piperidine rings is 1. The topological polar surface area (TPSA) is 67.6 Å². The summed E-state index contributed by atoms with van der Waals surface area (Å²) in [5.74, 6) is -0.176. The molecule has 1 unspecified atom stereocenters. The number of para-hydroxylation sites is 1. The molecule has 0 aliphatic carbocycles. The molecule has 1 amide bonds. The summed E-state index contributed by atoms with van der Waals surface area (Å²) in [7, 11) is 1.54. The van der Waals surface area contributed by atoms with E-state index in [2.05, 4.69) is 22.3 Å². The van der Waals surface area contributed by atoms with Crippen LogP contribution < -0.4 is 16.0 Å². The van der Waals surface area contributed by atoms with Crippen LogP contribution in [0.3, 0.4) is 0 Å². The molecular weight excluding hydrogens is 302 g/mol. The lowest BCUT2D eigenvalue weighted by atomic mass is 10.1. The van der Waals surface area contributed by atoms with Gasteiger partial charge in [-0.15, -0.1) is 12.4 Å². The van der Waals surface area contributed by atoms with E-state index in [9.17, 15) is 4.79 Å². The Morgan fingerprint density at radius 2 is 2.00 bits per heavy atom. The number of carbonyl (C=O) groups is 1. The van der Waals surface area contributed by atoms with Crippen molar-refractivity contribution < 1.29 is 9.53 Å². The summed E-state index contributed by atoms with van der Waals surface area (Å²) in [5, 5.41) is 2.89. The van der Waals surface area contributed by atoms with Crippen LogP contribution >= 0.6 is 12.4 Å². The zero-order chi connectivity index (χ0) is 15.1. The van der Waals surface area contributed by atoms with Crippen LogP contribution in [0.2, 0.25) is 0 Å². The largest absolute Gasteiger partial charge is 0.383 e. The van der Waals surface area contributed by atoms with E-state index in [-0.39, 0.29) is 24.9 Å². The summed E-state index contributed by atoms with van der Waals surface area (Å²) in [6.45, 7) is 2.92. The number of nitrogens with one attached hydrogen (secondary N) is 1. The summed E-state index contributed by atoms with van der Waals surface area (Å²) in [6, 6.07) is 7.63. The lowest BCUT2D eigenvalue weighted by molar-refractivity contribution is -0.123. The fraction of sp³-hybridized carbons (Fsp3) is 0.562. The molecule has 0 saturated carbocycles. The van der Waals surface area contributed by atoms with Crippen LogP contribution in [-0.4, -0.2) is 38.8 Å². The Morgan fingerprint density at radius 1 is 1.32 bits per heavy atom. The highest BCUT2D eigenvalue weighted by molar-refractivity contribution is 5.85. The van der Waals surface area contributed by atoms with E-state index in [1.807, 2.05) is 12.1 Å². The predicted molar refractivity (Wildman–Crippen MR) is 91.5 cm³/mol. The fourth-order valence-electron chi connectivity index (χ4n) is 2.67. The van der Waals surface area contributed by atoms with Crippen molar-refractivity contribution in [2.45, 2.75) is 31.8 Å². The third-order valence-electron chi connectivity index (χ3n) is 3.82. The van der Waals surface area contributed by atoms with Crippen molar-refractivity contribution in [2.75, 3.05) is 31.7 Å². The molecule has 1 heterocycles. The Kier molecular flexibility index (Phi) is 8.24. The average molecular weight is 328 g/mol. The van der Waals surface area contributed by atoms with Crippen LogP contribution in [0.15, 0.2) is 24.3 Å². The van der Waals surface area contributed by atoms with E-state index in [4.69, 9.17) is 10.5 Å². The van der Waals surface area contributed by atoms with E-state index < -0.39 is 6.04 Å². The maximum Gasteiger partial charge on any atom is 0.239 e. The highest BCUT2D eigenvalue weighted by Gasteiger charge is 2.16. The second kappa shape index (κ2) is 9.66. The third kappa shape index (κ3) is 5.16. The maximum atomic E-state index is 11.9. The fourth-order valence-corrected chi connectivity index (χ4v) is 2.67. The van der Waals surface area contributed by atoms with Gasteiger partial charge in [0.05, 0.1) is 6.61 Å². The van der Waals surface area contributed by atoms with Gasteiger partial charge in [-0.05, 0) is 30.9 Å². The molecule has 1 aliphatic heterocycles. The molecule has 124 valence electrons. The van der Waals surface area contributed by atoms with Gasteiger partial charge in [0.25, 0.3) is 0 Å². The minimum Gasteiger partial charge on any atom is -0.383 e. The van der Waals surface area contributed by atoms with Crippen LogP contribution in [0.1, 0.15) is 24.8 Å². The number of hydrogen-bond donors (Lipinski definition) is 2. The van der Waals surface area contributed by atoms with E-state index in [0.29, 0.717) is 6.54 Å². The molecule has 2 rings (SSSR count). The van der Waals surface area contributed by atoms with Gasteiger partial charge in [-0.2, -0.15) is 0 Å². The first-order valence-electron chi connectivity index (χ1n) is 7.57. The van der Waals surface area contributed by atoms with Gasteiger partial charge in [0.2, 0.25) is 5.91 Å². The predicted octanol–water partition coefficient (Wildman–Crippen LogP) is 1.69. The van der Waals surface area contributed by atoms with E-state index in [1.165, 1.54) is 24.9 Å². The van der Waals surface area contributed by atoms with Crippen LogP contribution in [0, 0.1) is 0 Å². The second-order valence-electron chi connectivity index (χ2n) is 5.46. The first-order chi connectivity index (χ1) is 10.2. The highest BCUT2D eigenvalue weighted by Crippen LogP contribution is 2.23. The number of halogens is 1. The Balaban J connectivity index is 0.00000242. The molecule has 1 saturated heterocycles. The lowest BCUT2D eigenvalue weighted by Crippen LogP contribution is -2.43. The normalized spacial score (nSPS) is 15.8. The first-order valence-corrected chi connectivity index (χ1v) is 7.57. The molecule has 1 aromatic rings. The second-order valence-corrected chi connectivity index (χ2v) is 5.46. The molecule has 1 atom stereocenters. The summed E-state index contributed by atoms with van der Waals surface area (Å²) < 4.78 is 4.90. The van der Waals surface area contributed by atoms with Gasteiger partial charge < -0.3 is 20.7 Å². The van der Waals surface area contributed by atoms with Crippen LogP contribution in [-0.2, 0) is 16.1 Å². The summed E-state index contributed by atoms with van der Waals surface area (Å²) >= 11 is 0. The van der Waals surface area contributed by atoms with Gasteiger partial charge >= 0.3 is 0 Å². The zero-order valence-electron chi connectivity index (χ0n) is 13.1. The van der Waals surface area contributed by atoms with Crippen LogP contribution in [0.4, 0.5) is 5.69 Å². The molecule has 5 nitrogen and oxygen atoms in total. The number of carbonyl (C=O) groups excluding carboxylic acids is 1. The summed E-state index contributed by atoms with van der Waals surface area (Å²) in [4.78, 5) is 14.3. The molecule has 0 radical (unpaired) electrons. The molecule has 22 heavy (non-hydrogen) atoms. The van der Waals surface area contributed by atoms with E-state index in [1.54, 1.807) is 7.11 Å². The van der Waals surface area contributed by atoms with Gasteiger partial charge in [0.15, 0.2) is 0 Å². The number of nitrogens with two attached hydrogens (primary N) is 1. The number of rotatable bonds is 6. The van der Waals surface area contributed by atoms with Crippen molar-refractivity contribution in [3.05, 3.63) is 29.8 Å². The Bertz CT molecular complexity index is 464. The van der Waals surface area contributed by atoms with Gasteiger partial charge in [0.1, 0.15) is 6.04 Å². The Morgan fingerprint density at radius 3 is 2.68 bits per heavy atom. The number of ether oxygens (including phenoxy) is 1. The van der Waals surface area contributed by atoms with E-state index >= 15 is 0 Å². The number of nitrogens with zero attached hydrogens (tertiary/aromatic N) is 1. The number of benzene rings is 1. The first kappa shape index (κ1) is 18.7. The summed E-state index contributed by atoms with van der Waals surface area (Å²) in [6.07, 6.45) is 3.78. The van der Waals surface area contributed by atoms with Crippen LogP contribution in [0.25, 0.3) is 0 Å². The molecule has 3 N–H and O–H groups in total. The smallest absolute Gasteiger partial charge is 0.239 e. The zero-order valence-corrected chi connectivity index (χ0v) is 13.9. The average Bonchev–Trinajstić information content (AvgIpc) is 2.54. The highest BCUT2D eigenvalue weighted by atomic mass is 35.5. The van der Waals surface area contributed by atoms with Crippen molar-refractivity contribution in [3.63, 3.8) is 0 Å². The summed E-state index contributed by atoms with van der Waals surface area (Å²) in [5.41, 5.74) is 8.08. The van der Waals surface area contributed by atoms with E-state index in [0.717, 1.165) is 18.7 Å². The number of anilines is 1. The van der Waals surface area contributed by atoms with Crippen LogP contribution in [0.5, 0.6) is 0 Å². The van der Waals surface area contributed by atoms with Crippen molar-refractivity contribution >= 4 is 24.0 Å². The van der Waals surface area contributed by atoms with Gasteiger partial charge in [-0.25, -0.2) is 0 Å². The van der Waals surface area contributed by atoms with Crippen molar-refractivity contribution in [3.8, 4) is 0 Å².